The Morgan fingerprint density at radius 2 is 1.82 bits per heavy atom. The van der Waals surface area contributed by atoms with E-state index in [9.17, 15) is 9.90 Å². The summed E-state index contributed by atoms with van der Waals surface area (Å²) in [7, 11) is 0. The first kappa shape index (κ1) is 13.0. The second-order valence-electron chi connectivity index (χ2n) is 5.29. The number of thiocarbonyl (C=S) groups is 1. The number of Topliss-reactive ketones (excluding diaryl/α,β-unsaturated/α-hetero) is 1. The first-order valence-electron chi connectivity index (χ1n) is 6.90. The molecule has 0 bridgehead atoms. The molecule has 1 unspecified atom stereocenters. The summed E-state index contributed by atoms with van der Waals surface area (Å²) in [5.74, 6) is 0.148. The van der Waals surface area contributed by atoms with Crippen molar-refractivity contribution in [2.24, 2.45) is 0 Å². The molecular formula is C17H12N2O2S. The Morgan fingerprint density at radius 3 is 2.59 bits per heavy atom. The van der Waals surface area contributed by atoms with Crippen LogP contribution in [-0.2, 0) is 0 Å². The lowest BCUT2D eigenvalue weighted by molar-refractivity contribution is 0.103. The Bertz CT molecular complexity index is 857. The molecule has 22 heavy (non-hydrogen) atoms. The first-order valence-corrected chi connectivity index (χ1v) is 7.30. The van der Waals surface area contributed by atoms with E-state index in [1.807, 2.05) is 30.3 Å². The number of aromatic hydroxyl groups is 1. The van der Waals surface area contributed by atoms with Gasteiger partial charge in [0, 0.05) is 11.1 Å². The minimum atomic E-state index is -0.365. The number of hydrogen-bond donors (Lipinski definition) is 3. The van der Waals surface area contributed by atoms with E-state index >= 15 is 0 Å². The molecule has 1 atom stereocenters. The van der Waals surface area contributed by atoms with Crippen LogP contribution in [0.2, 0.25) is 0 Å². The van der Waals surface area contributed by atoms with Gasteiger partial charge in [-0.05, 0) is 29.9 Å². The maximum atomic E-state index is 12.8. The number of nitrogens with one attached hydrogen (secondary N) is 2. The molecule has 0 aromatic heterocycles. The van der Waals surface area contributed by atoms with E-state index in [0.29, 0.717) is 16.2 Å². The minimum Gasteiger partial charge on any atom is -0.508 e. The monoisotopic (exact) mass is 308 g/mol. The molecule has 1 aliphatic carbocycles. The largest absolute Gasteiger partial charge is 0.508 e. The maximum absolute atomic E-state index is 12.8. The van der Waals surface area contributed by atoms with Crippen molar-refractivity contribution in [3.63, 3.8) is 0 Å². The van der Waals surface area contributed by atoms with Crippen molar-refractivity contribution >= 4 is 28.8 Å². The molecule has 2 aromatic rings. The predicted octanol–water partition coefficient (Wildman–Crippen LogP) is 2.52. The fraction of sp³-hybridized carbons (Fsp3) is 0.0588. The molecular weight excluding hydrogens is 296 g/mol. The van der Waals surface area contributed by atoms with Gasteiger partial charge in [0.15, 0.2) is 10.9 Å². The summed E-state index contributed by atoms with van der Waals surface area (Å²) in [6.07, 6.45) is 0. The number of hydrogen-bond acceptors (Lipinski definition) is 3. The van der Waals surface area contributed by atoms with E-state index in [1.54, 1.807) is 18.2 Å². The molecule has 2 aliphatic rings. The number of ketones is 1. The number of phenols is 1. The van der Waals surface area contributed by atoms with Gasteiger partial charge in [-0.25, -0.2) is 0 Å². The Kier molecular flexibility index (Phi) is 2.77. The lowest BCUT2D eigenvalue weighted by Crippen LogP contribution is -2.43. The molecule has 0 spiro atoms. The second kappa shape index (κ2) is 4.68. The normalized spacial score (nSPS) is 19.4. The van der Waals surface area contributed by atoms with Gasteiger partial charge in [-0.1, -0.05) is 36.4 Å². The predicted molar refractivity (Wildman–Crippen MR) is 87.4 cm³/mol. The third kappa shape index (κ3) is 1.83. The van der Waals surface area contributed by atoms with Crippen molar-refractivity contribution in [3.8, 4) is 5.75 Å². The van der Waals surface area contributed by atoms with Crippen molar-refractivity contribution in [2.75, 3.05) is 0 Å². The van der Waals surface area contributed by atoms with Gasteiger partial charge in [0.1, 0.15) is 5.75 Å². The Morgan fingerprint density at radius 1 is 1.05 bits per heavy atom. The van der Waals surface area contributed by atoms with Crippen molar-refractivity contribution < 1.29 is 9.90 Å². The molecule has 0 radical (unpaired) electrons. The van der Waals surface area contributed by atoms with Crippen molar-refractivity contribution in [1.82, 2.24) is 10.6 Å². The summed E-state index contributed by atoms with van der Waals surface area (Å²) >= 11 is 5.28. The number of carbonyl (C=O) groups is 1. The van der Waals surface area contributed by atoms with Crippen LogP contribution in [0.4, 0.5) is 0 Å². The van der Waals surface area contributed by atoms with Crippen LogP contribution in [0.25, 0.3) is 5.70 Å². The fourth-order valence-corrected chi connectivity index (χ4v) is 3.24. The fourth-order valence-electron chi connectivity index (χ4n) is 3.02. The van der Waals surface area contributed by atoms with Gasteiger partial charge in [-0.2, -0.15) is 0 Å². The Balaban J connectivity index is 1.90. The van der Waals surface area contributed by atoms with Crippen LogP contribution >= 0.6 is 12.2 Å². The van der Waals surface area contributed by atoms with Gasteiger partial charge in [0.2, 0.25) is 0 Å². The van der Waals surface area contributed by atoms with Gasteiger partial charge in [-0.3, -0.25) is 4.79 Å². The number of benzene rings is 2. The highest BCUT2D eigenvalue weighted by molar-refractivity contribution is 7.80. The Hall–Kier alpha value is -2.66. The molecule has 0 saturated carbocycles. The summed E-state index contributed by atoms with van der Waals surface area (Å²) in [6.45, 7) is 0. The molecule has 1 aliphatic heterocycles. The van der Waals surface area contributed by atoms with E-state index in [0.717, 1.165) is 16.8 Å². The Labute approximate surface area is 132 Å². The molecule has 0 saturated heterocycles. The quantitative estimate of drug-likeness (QED) is 0.707. The smallest absolute Gasteiger partial charge is 0.194 e. The zero-order valence-corrected chi connectivity index (χ0v) is 12.3. The highest BCUT2D eigenvalue weighted by Gasteiger charge is 2.38. The van der Waals surface area contributed by atoms with Crippen LogP contribution in [0.3, 0.4) is 0 Å². The molecule has 5 heteroatoms. The number of carbonyl (C=O) groups excluding carboxylic acids is 1. The van der Waals surface area contributed by atoms with Gasteiger partial charge in [-0.15, -0.1) is 0 Å². The number of phenolic OH excluding ortho intramolecular Hbond substituents is 1. The molecule has 3 N–H and O–H groups in total. The lowest BCUT2D eigenvalue weighted by atomic mass is 9.94. The minimum absolute atomic E-state index is 0.0126. The highest BCUT2D eigenvalue weighted by Crippen LogP contribution is 2.40. The second-order valence-corrected chi connectivity index (χ2v) is 5.70. The summed E-state index contributed by atoms with van der Waals surface area (Å²) in [6, 6.07) is 14.0. The lowest BCUT2D eigenvalue weighted by Gasteiger charge is -2.28. The van der Waals surface area contributed by atoms with Crippen molar-refractivity contribution in [3.05, 3.63) is 70.8 Å². The van der Waals surface area contributed by atoms with Gasteiger partial charge in [0.05, 0.1) is 17.3 Å². The summed E-state index contributed by atoms with van der Waals surface area (Å²) < 4.78 is 0. The van der Waals surface area contributed by atoms with Gasteiger partial charge in [0.25, 0.3) is 0 Å². The van der Waals surface area contributed by atoms with Crippen LogP contribution in [0.1, 0.15) is 27.5 Å². The van der Waals surface area contributed by atoms with E-state index in [-0.39, 0.29) is 17.6 Å². The van der Waals surface area contributed by atoms with Crippen LogP contribution < -0.4 is 10.6 Å². The molecule has 0 fully saturated rings. The third-order valence-electron chi connectivity index (χ3n) is 3.96. The van der Waals surface area contributed by atoms with Crippen molar-refractivity contribution in [1.29, 1.82) is 0 Å². The number of rotatable bonds is 1. The van der Waals surface area contributed by atoms with Gasteiger partial charge < -0.3 is 15.7 Å². The average molecular weight is 308 g/mol. The maximum Gasteiger partial charge on any atom is 0.194 e. The van der Waals surface area contributed by atoms with Crippen LogP contribution in [-0.4, -0.2) is 16.0 Å². The molecule has 4 rings (SSSR count). The standard InChI is InChI=1S/C17H12N2O2S/c20-10-5-3-4-9(8-10)14-13-15(19-17(22)18-14)11-6-1-2-7-12(11)16(13)21/h1-8,14,20H,(H2,18,19,22). The molecule has 1 heterocycles. The van der Waals surface area contributed by atoms with E-state index in [4.69, 9.17) is 12.2 Å². The zero-order chi connectivity index (χ0) is 15.3. The number of fused-ring (bicyclic) bond motifs is 2. The van der Waals surface area contributed by atoms with Crippen LogP contribution in [0, 0.1) is 0 Å². The van der Waals surface area contributed by atoms with E-state index in [2.05, 4.69) is 10.6 Å². The molecule has 108 valence electrons. The molecule has 0 amide bonds. The first-order chi connectivity index (χ1) is 10.6. The van der Waals surface area contributed by atoms with E-state index < -0.39 is 0 Å². The van der Waals surface area contributed by atoms with Crippen molar-refractivity contribution in [2.45, 2.75) is 6.04 Å². The third-order valence-corrected chi connectivity index (χ3v) is 4.18. The summed E-state index contributed by atoms with van der Waals surface area (Å²) in [4.78, 5) is 12.8. The van der Waals surface area contributed by atoms with Crippen LogP contribution in [0.15, 0.2) is 54.1 Å². The van der Waals surface area contributed by atoms with Gasteiger partial charge >= 0.3 is 0 Å². The SMILES string of the molecule is O=C1C2=C(NC(=S)NC2c2cccc(O)c2)c2ccccc21. The summed E-state index contributed by atoms with van der Waals surface area (Å²) in [5.41, 5.74) is 3.75. The topological polar surface area (TPSA) is 61.4 Å². The average Bonchev–Trinajstić information content (AvgIpc) is 2.80. The summed E-state index contributed by atoms with van der Waals surface area (Å²) in [5, 5.41) is 16.4. The molecule has 2 aromatic carbocycles. The molecule has 4 nitrogen and oxygen atoms in total. The highest BCUT2D eigenvalue weighted by atomic mass is 32.1. The van der Waals surface area contributed by atoms with Crippen LogP contribution in [0.5, 0.6) is 5.75 Å². The zero-order valence-electron chi connectivity index (χ0n) is 11.5. The van der Waals surface area contributed by atoms with E-state index in [1.165, 1.54) is 0 Å².